The molecule has 0 heterocycles. The lowest BCUT2D eigenvalue weighted by Gasteiger charge is -2.17. The van der Waals surface area contributed by atoms with Crippen molar-refractivity contribution >= 4 is 5.91 Å². The summed E-state index contributed by atoms with van der Waals surface area (Å²) in [6.45, 7) is 13.3. The number of allylic oxidation sites excluding steroid dienone is 4. The van der Waals surface area contributed by atoms with Crippen molar-refractivity contribution in [3.8, 4) is 0 Å². The van der Waals surface area contributed by atoms with Gasteiger partial charge in [0.15, 0.2) is 0 Å². The molecule has 0 atom stereocenters. The molecule has 0 saturated carbocycles. The molecule has 1 N–H and O–H groups in total. The molecule has 0 aliphatic carbocycles. The summed E-state index contributed by atoms with van der Waals surface area (Å²) in [5, 5.41) is 2.75. The fourth-order valence-electron chi connectivity index (χ4n) is 0.703. The summed E-state index contributed by atoms with van der Waals surface area (Å²) in [5.41, 5.74) is 1.38. The minimum absolute atomic E-state index is 0.0183. The van der Waals surface area contributed by atoms with E-state index in [4.69, 9.17) is 0 Å². The number of hydrogen-bond acceptors (Lipinski definition) is 1. The van der Waals surface area contributed by atoms with Crippen LogP contribution in [0.15, 0.2) is 36.1 Å². The van der Waals surface area contributed by atoms with Crippen LogP contribution in [0.4, 0.5) is 0 Å². The normalized spacial score (nSPS) is 13.0. The van der Waals surface area contributed by atoms with E-state index in [1.807, 2.05) is 46.8 Å². The summed E-state index contributed by atoms with van der Waals surface area (Å²) in [5.74, 6) is -0.0183. The molecule has 0 aromatic rings. The van der Waals surface area contributed by atoms with Crippen molar-refractivity contribution in [1.29, 1.82) is 0 Å². The summed E-state index contributed by atoms with van der Waals surface area (Å²) in [7, 11) is 0. The Morgan fingerprint density at radius 2 is 1.80 bits per heavy atom. The van der Waals surface area contributed by atoms with Gasteiger partial charge >= 0.3 is 0 Å². The standard InChI is InChI=1S/C13H21NO/c1-7-10(2)8-9-11(3)14-12(15)13(4,5)6/h7-9H,3H2,1-2,4-6H3,(H,14,15)/b9-8-,10-7-. The second-order valence-electron chi connectivity index (χ2n) is 4.60. The Labute approximate surface area is 92.8 Å². The van der Waals surface area contributed by atoms with Gasteiger partial charge in [-0.3, -0.25) is 4.79 Å². The highest BCUT2D eigenvalue weighted by Crippen LogP contribution is 2.13. The van der Waals surface area contributed by atoms with Crippen LogP contribution in [0.3, 0.4) is 0 Å². The second kappa shape index (κ2) is 5.54. The van der Waals surface area contributed by atoms with E-state index in [2.05, 4.69) is 11.9 Å². The lowest BCUT2D eigenvalue weighted by atomic mass is 9.95. The quantitative estimate of drug-likeness (QED) is 0.707. The highest BCUT2D eigenvalue weighted by molar-refractivity contribution is 5.83. The number of rotatable bonds is 3. The highest BCUT2D eigenvalue weighted by Gasteiger charge is 2.20. The Hall–Kier alpha value is -1.31. The summed E-state index contributed by atoms with van der Waals surface area (Å²) >= 11 is 0. The van der Waals surface area contributed by atoms with E-state index < -0.39 is 0 Å². The fourth-order valence-corrected chi connectivity index (χ4v) is 0.703. The molecule has 0 unspecified atom stereocenters. The summed E-state index contributed by atoms with van der Waals surface area (Å²) < 4.78 is 0. The van der Waals surface area contributed by atoms with Crippen LogP contribution < -0.4 is 5.32 Å². The minimum Gasteiger partial charge on any atom is -0.326 e. The maximum absolute atomic E-state index is 11.6. The largest absolute Gasteiger partial charge is 0.326 e. The Kier molecular flexibility index (Phi) is 5.06. The first-order valence-electron chi connectivity index (χ1n) is 5.08. The summed E-state index contributed by atoms with van der Waals surface area (Å²) in [6.07, 6.45) is 5.72. The third-order valence-corrected chi connectivity index (χ3v) is 1.96. The van der Waals surface area contributed by atoms with E-state index in [9.17, 15) is 4.79 Å². The molecule has 0 aromatic carbocycles. The van der Waals surface area contributed by atoms with Crippen molar-refractivity contribution in [2.75, 3.05) is 0 Å². The van der Waals surface area contributed by atoms with Gasteiger partial charge in [-0.05, 0) is 19.9 Å². The zero-order chi connectivity index (χ0) is 12.1. The Morgan fingerprint density at radius 1 is 1.27 bits per heavy atom. The smallest absolute Gasteiger partial charge is 0.229 e. The van der Waals surface area contributed by atoms with Gasteiger partial charge in [0.1, 0.15) is 0 Å². The zero-order valence-electron chi connectivity index (χ0n) is 10.3. The highest BCUT2D eigenvalue weighted by atomic mass is 16.2. The van der Waals surface area contributed by atoms with Gasteiger partial charge in [0.05, 0.1) is 0 Å². The molecule has 0 bridgehead atoms. The maximum atomic E-state index is 11.6. The SMILES string of the molecule is C=C(/C=C\C(C)=C/C)NC(=O)C(C)(C)C. The van der Waals surface area contributed by atoms with Crippen molar-refractivity contribution in [3.63, 3.8) is 0 Å². The fraction of sp³-hybridized carbons (Fsp3) is 0.462. The van der Waals surface area contributed by atoms with Gasteiger partial charge in [0, 0.05) is 11.1 Å². The molecule has 0 fully saturated rings. The summed E-state index contributed by atoms with van der Waals surface area (Å²) in [6, 6.07) is 0. The van der Waals surface area contributed by atoms with Crippen LogP contribution in [-0.2, 0) is 4.79 Å². The van der Waals surface area contributed by atoms with Gasteiger partial charge < -0.3 is 5.32 Å². The summed E-state index contributed by atoms with van der Waals surface area (Å²) in [4.78, 5) is 11.6. The average Bonchev–Trinajstić information content (AvgIpc) is 2.12. The molecule has 1 amide bonds. The molecule has 0 aliphatic rings. The Morgan fingerprint density at radius 3 is 2.20 bits per heavy atom. The van der Waals surface area contributed by atoms with Crippen molar-refractivity contribution in [2.24, 2.45) is 5.41 Å². The van der Waals surface area contributed by atoms with Crippen LogP contribution in [-0.4, -0.2) is 5.91 Å². The first-order chi connectivity index (χ1) is 6.77. The molecule has 15 heavy (non-hydrogen) atoms. The van der Waals surface area contributed by atoms with Gasteiger partial charge in [-0.25, -0.2) is 0 Å². The van der Waals surface area contributed by atoms with Gasteiger partial charge in [-0.15, -0.1) is 0 Å². The molecule has 0 radical (unpaired) electrons. The van der Waals surface area contributed by atoms with E-state index in [0.29, 0.717) is 5.70 Å². The molecule has 2 nitrogen and oxygen atoms in total. The Balaban J connectivity index is 4.29. The molecule has 84 valence electrons. The molecule has 0 rings (SSSR count). The average molecular weight is 207 g/mol. The molecular weight excluding hydrogens is 186 g/mol. The van der Waals surface area contributed by atoms with Gasteiger partial charge in [0.25, 0.3) is 0 Å². The molecule has 0 aromatic heterocycles. The number of hydrogen-bond donors (Lipinski definition) is 1. The van der Waals surface area contributed by atoms with Gasteiger partial charge in [-0.1, -0.05) is 45.1 Å². The predicted octanol–water partition coefficient (Wildman–Crippen LogP) is 3.18. The van der Waals surface area contributed by atoms with Gasteiger partial charge in [0.2, 0.25) is 5.91 Å². The van der Waals surface area contributed by atoms with Crippen molar-refractivity contribution < 1.29 is 4.79 Å². The number of amides is 1. The molecule has 0 spiro atoms. The van der Waals surface area contributed by atoms with Crippen molar-refractivity contribution in [1.82, 2.24) is 5.32 Å². The van der Waals surface area contributed by atoms with Crippen LogP contribution in [0.25, 0.3) is 0 Å². The van der Waals surface area contributed by atoms with Gasteiger partial charge in [-0.2, -0.15) is 0 Å². The monoisotopic (exact) mass is 207 g/mol. The number of nitrogens with one attached hydrogen (secondary N) is 1. The van der Waals surface area contributed by atoms with E-state index in [1.54, 1.807) is 6.08 Å². The first kappa shape index (κ1) is 13.7. The minimum atomic E-state index is -0.383. The van der Waals surface area contributed by atoms with Crippen LogP contribution in [0.1, 0.15) is 34.6 Å². The lowest BCUT2D eigenvalue weighted by molar-refractivity contribution is -0.127. The van der Waals surface area contributed by atoms with Crippen LogP contribution in [0.5, 0.6) is 0 Å². The maximum Gasteiger partial charge on any atom is 0.229 e. The number of carbonyl (C=O) groups excluding carboxylic acids is 1. The van der Waals surface area contributed by atoms with E-state index in [0.717, 1.165) is 5.57 Å². The molecule has 0 saturated heterocycles. The number of carbonyl (C=O) groups is 1. The van der Waals surface area contributed by atoms with E-state index in [-0.39, 0.29) is 11.3 Å². The van der Waals surface area contributed by atoms with Crippen LogP contribution >= 0.6 is 0 Å². The van der Waals surface area contributed by atoms with Crippen molar-refractivity contribution in [3.05, 3.63) is 36.1 Å². The van der Waals surface area contributed by atoms with Crippen LogP contribution in [0.2, 0.25) is 0 Å². The molecule has 2 heteroatoms. The second-order valence-corrected chi connectivity index (χ2v) is 4.60. The third kappa shape index (κ3) is 5.89. The van der Waals surface area contributed by atoms with Crippen molar-refractivity contribution in [2.45, 2.75) is 34.6 Å². The van der Waals surface area contributed by atoms with Crippen LogP contribution in [0, 0.1) is 5.41 Å². The van der Waals surface area contributed by atoms with E-state index >= 15 is 0 Å². The predicted molar refractivity (Wildman–Crippen MR) is 65.3 cm³/mol. The Bertz CT molecular complexity index is 303. The third-order valence-electron chi connectivity index (χ3n) is 1.96. The zero-order valence-corrected chi connectivity index (χ0v) is 10.3. The van der Waals surface area contributed by atoms with E-state index in [1.165, 1.54) is 0 Å². The molecule has 0 aliphatic heterocycles. The lowest BCUT2D eigenvalue weighted by Crippen LogP contribution is -2.33. The topological polar surface area (TPSA) is 29.1 Å². The molecular formula is C13H21NO. The first-order valence-corrected chi connectivity index (χ1v) is 5.08.